The maximum atomic E-state index is 11.9. The van der Waals surface area contributed by atoms with E-state index < -0.39 is 6.36 Å². The minimum Gasteiger partial charge on any atom is -0.310 e. The second kappa shape index (κ2) is 7.77. The minimum absolute atomic E-state index is 0.226. The van der Waals surface area contributed by atoms with Gasteiger partial charge in [-0.05, 0) is 24.9 Å². The number of hydrogen-bond donors (Lipinski definition) is 1. The molecule has 1 aromatic carbocycles. The van der Waals surface area contributed by atoms with E-state index in [9.17, 15) is 13.2 Å². The van der Waals surface area contributed by atoms with E-state index in [4.69, 9.17) is 0 Å². The third kappa shape index (κ3) is 6.46. The third-order valence-electron chi connectivity index (χ3n) is 3.56. The summed E-state index contributed by atoms with van der Waals surface area (Å²) >= 11 is 0. The first-order valence-electron chi connectivity index (χ1n) is 7.23. The second-order valence-corrected chi connectivity index (χ2v) is 5.31. The van der Waals surface area contributed by atoms with Crippen molar-refractivity contribution in [1.29, 1.82) is 0 Å². The van der Waals surface area contributed by atoms with Crippen LogP contribution in [-0.4, -0.2) is 43.5 Å². The Morgan fingerprint density at radius 2 is 2.00 bits per heavy atom. The van der Waals surface area contributed by atoms with Crippen molar-refractivity contribution in [1.82, 2.24) is 10.2 Å². The van der Waals surface area contributed by atoms with Crippen molar-refractivity contribution >= 4 is 0 Å². The summed E-state index contributed by atoms with van der Waals surface area (Å²) in [5, 5.41) is 3.14. The average molecular weight is 302 g/mol. The summed E-state index contributed by atoms with van der Waals surface area (Å²) < 4.78 is 39.4. The molecule has 0 amide bonds. The molecule has 1 fully saturated rings. The van der Waals surface area contributed by atoms with Gasteiger partial charge in [-0.2, -0.15) is 0 Å². The summed E-state index contributed by atoms with van der Waals surface area (Å²) in [6.45, 7) is 2.67. The Labute approximate surface area is 123 Å². The summed E-state index contributed by atoms with van der Waals surface area (Å²) in [6.07, 6.45) is -2.48. The van der Waals surface area contributed by atoms with Gasteiger partial charge in [-0.3, -0.25) is 9.64 Å². The lowest BCUT2D eigenvalue weighted by Gasteiger charge is -2.33. The predicted octanol–water partition coefficient (Wildman–Crippen LogP) is 2.78. The van der Waals surface area contributed by atoms with Crippen LogP contribution >= 0.6 is 0 Å². The Balaban J connectivity index is 1.69. The fourth-order valence-electron chi connectivity index (χ4n) is 2.64. The van der Waals surface area contributed by atoms with E-state index in [1.807, 2.05) is 18.2 Å². The Morgan fingerprint density at radius 1 is 1.24 bits per heavy atom. The van der Waals surface area contributed by atoms with Crippen molar-refractivity contribution in [2.75, 3.05) is 26.2 Å². The smallest absolute Gasteiger partial charge is 0.310 e. The minimum atomic E-state index is -4.53. The Kier molecular flexibility index (Phi) is 6.02. The largest absolute Gasteiger partial charge is 0.522 e. The molecule has 0 aromatic heterocycles. The number of alkyl halides is 3. The number of rotatable bonds is 6. The summed E-state index contributed by atoms with van der Waals surface area (Å²) in [6, 6.07) is 10.4. The molecule has 0 aliphatic carbocycles. The zero-order valence-electron chi connectivity index (χ0n) is 11.9. The molecule has 6 heteroatoms. The molecule has 3 nitrogen and oxygen atoms in total. The van der Waals surface area contributed by atoms with Gasteiger partial charge in [-0.1, -0.05) is 30.3 Å². The number of likely N-dealkylation sites (tertiary alicyclic amines) is 1. The van der Waals surface area contributed by atoms with Crippen molar-refractivity contribution in [2.45, 2.75) is 31.8 Å². The van der Waals surface area contributed by atoms with E-state index in [2.05, 4.69) is 27.1 Å². The van der Waals surface area contributed by atoms with Crippen molar-refractivity contribution in [3.63, 3.8) is 0 Å². The van der Waals surface area contributed by atoms with Crippen LogP contribution in [0.3, 0.4) is 0 Å². The van der Waals surface area contributed by atoms with Crippen LogP contribution in [0.4, 0.5) is 13.2 Å². The number of nitrogens with one attached hydrogen (secondary N) is 1. The Morgan fingerprint density at radius 3 is 2.71 bits per heavy atom. The summed E-state index contributed by atoms with van der Waals surface area (Å²) in [4.78, 5) is 2.33. The first-order chi connectivity index (χ1) is 10.0. The van der Waals surface area contributed by atoms with Gasteiger partial charge in [-0.25, -0.2) is 0 Å². The molecule has 1 atom stereocenters. The molecule has 1 saturated heterocycles. The van der Waals surface area contributed by atoms with Crippen LogP contribution in [0.1, 0.15) is 18.4 Å². The van der Waals surface area contributed by atoms with E-state index in [0.717, 1.165) is 32.5 Å². The molecule has 0 spiro atoms. The van der Waals surface area contributed by atoms with Crippen molar-refractivity contribution in [3.05, 3.63) is 35.9 Å². The van der Waals surface area contributed by atoms with Gasteiger partial charge in [0.25, 0.3) is 0 Å². The lowest BCUT2D eigenvalue weighted by atomic mass is 10.0. The molecule has 1 aliphatic rings. The molecular formula is C15H21F3N2O. The van der Waals surface area contributed by atoms with E-state index in [1.54, 1.807) is 0 Å². The quantitative estimate of drug-likeness (QED) is 0.818. The number of nitrogens with zero attached hydrogens (tertiary/aromatic N) is 1. The highest BCUT2D eigenvalue weighted by Gasteiger charge is 2.28. The predicted molar refractivity (Wildman–Crippen MR) is 74.8 cm³/mol. The zero-order chi connectivity index (χ0) is 15.1. The van der Waals surface area contributed by atoms with Crippen molar-refractivity contribution in [2.24, 2.45) is 0 Å². The van der Waals surface area contributed by atoms with Gasteiger partial charge in [0.2, 0.25) is 0 Å². The number of halogens is 3. The first kappa shape index (κ1) is 16.3. The molecule has 2 rings (SSSR count). The monoisotopic (exact) mass is 302 g/mol. The first-order valence-corrected chi connectivity index (χ1v) is 7.23. The highest BCUT2D eigenvalue weighted by atomic mass is 19.4. The SMILES string of the molecule is FC(F)(F)OCCNC1CCCN(Cc2ccccc2)C1. The Bertz CT molecular complexity index is 411. The van der Waals surface area contributed by atoms with Gasteiger partial charge >= 0.3 is 6.36 Å². The molecule has 0 saturated carbocycles. The van der Waals surface area contributed by atoms with Crippen LogP contribution < -0.4 is 5.32 Å². The second-order valence-electron chi connectivity index (χ2n) is 5.31. The number of benzene rings is 1. The average Bonchev–Trinajstić information content (AvgIpc) is 2.44. The molecule has 1 unspecified atom stereocenters. The molecule has 1 aliphatic heterocycles. The topological polar surface area (TPSA) is 24.5 Å². The highest BCUT2D eigenvalue weighted by Crippen LogP contribution is 2.16. The summed E-state index contributed by atoms with van der Waals surface area (Å²) in [5.41, 5.74) is 1.26. The van der Waals surface area contributed by atoms with Crippen LogP contribution in [0.25, 0.3) is 0 Å². The lowest BCUT2D eigenvalue weighted by Crippen LogP contribution is -2.46. The number of hydrogen-bond acceptors (Lipinski definition) is 3. The van der Waals surface area contributed by atoms with Gasteiger partial charge in [0.1, 0.15) is 0 Å². The summed E-state index contributed by atoms with van der Waals surface area (Å²) in [7, 11) is 0. The number of piperidine rings is 1. The van der Waals surface area contributed by atoms with Gasteiger partial charge in [0.05, 0.1) is 6.61 Å². The maximum Gasteiger partial charge on any atom is 0.522 e. The lowest BCUT2D eigenvalue weighted by molar-refractivity contribution is -0.323. The van der Waals surface area contributed by atoms with Crippen LogP contribution in [0, 0.1) is 0 Å². The van der Waals surface area contributed by atoms with Crippen LogP contribution in [0.15, 0.2) is 30.3 Å². The molecule has 0 bridgehead atoms. The molecule has 1 aromatic rings. The molecule has 0 radical (unpaired) electrons. The maximum absolute atomic E-state index is 11.9. The van der Waals surface area contributed by atoms with Gasteiger partial charge < -0.3 is 5.32 Å². The van der Waals surface area contributed by atoms with E-state index in [1.165, 1.54) is 5.56 Å². The third-order valence-corrected chi connectivity index (χ3v) is 3.56. The summed E-state index contributed by atoms with van der Waals surface area (Å²) in [5.74, 6) is 0. The molecule has 21 heavy (non-hydrogen) atoms. The van der Waals surface area contributed by atoms with E-state index in [-0.39, 0.29) is 19.2 Å². The van der Waals surface area contributed by atoms with Crippen molar-refractivity contribution < 1.29 is 17.9 Å². The number of ether oxygens (including phenoxy) is 1. The fraction of sp³-hybridized carbons (Fsp3) is 0.600. The molecule has 1 N–H and O–H groups in total. The van der Waals surface area contributed by atoms with Crippen LogP contribution in [-0.2, 0) is 11.3 Å². The zero-order valence-corrected chi connectivity index (χ0v) is 11.9. The fourth-order valence-corrected chi connectivity index (χ4v) is 2.64. The molecule has 118 valence electrons. The van der Waals surface area contributed by atoms with Crippen molar-refractivity contribution in [3.8, 4) is 0 Å². The van der Waals surface area contributed by atoms with Crippen LogP contribution in [0.5, 0.6) is 0 Å². The van der Waals surface area contributed by atoms with Gasteiger partial charge in [0, 0.05) is 25.7 Å². The van der Waals surface area contributed by atoms with Crippen LogP contribution in [0.2, 0.25) is 0 Å². The molecule has 1 heterocycles. The van der Waals surface area contributed by atoms with Gasteiger partial charge in [0.15, 0.2) is 0 Å². The Hall–Kier alpha value is -1.11. The normalized spacial score (nSPS) is 20.6. The van der Waals surface area contributed by atoms with E-state index >= 15 is 0 Å². The highest BCUT2D eigenvalue weighted by molar-refractivity contribution is 5.14. The van der Waals surface area contributed by atoms with E-state index in [0.29, 0.717) is 0 Å². The standard InChI is InChI=1S/C15H21F3N2O/c16-15(17,18)21-10-8-19-14-7-4-9-20(12-14)11-13-5-2-1-3-6-13/h1-3,5-6,14,19H,4,7-12H2. The molecular weight excluding hydrogens is 281 g/mol. The van der Waals surface area contributed by atoms with Gasteiger partial charge in [-0.15, -0.1) is 13.2 Å².